The monoisotopic (exact) mass is 293 g/mol. The van der Waals surface area contributed by atoms with Crippen LogP contribution in [0.2, 0.25) is 0 Å². The van der Waals surface area contributed by atoms with Gasteiger partial charge in [0.1, 0.15) is 0 Å². The van der Waals surface area contributed by atoms with E-state index >= 15 is 0 Å². The molecule has 0 spiro atoms. The number of aromatic carboxylic acids is 1. The summed E-state index contributed by atoms with van der Waals surface area (Å²) in [5.41, 5.74) is 0.950. The molecule has 2 N–H and O–H groups in total. The van der Waals surface area contributed by atoms with E-state index in [9.17, 15) is 14.4 Å². The molecule has 21 heavy (non-hydrogen) atoms. The maximum atomic E-state index is 12.0. The number of nitrogens with zero attached hydrogens (tertiary/aromatic N) is 1. The normalized spacial score (nSPS) is 10.1. The molecule has 0 fully saturated rings. The number of rotatable bonds is 8. The van der Waals surface area contributed by atoms with Crippen LogP contribution in [-0.2, 0) is 16.1 Å². The number of hydrogen-bond acceptors (Lipinski definition) is 3. The van der Waals surface area contributed by atoms with Crippen LogP contribution in [0.4, 0.5) is 0 Å². The number of carboxylic acids is 2. The molecule has 0 aliphatic rings. The van der Waals surface area contributed by atoms with Gasteiger partial charge < -0.3 is 15.1 Å². The SMILES string of the molecule is CCCC(=O)N(CCC(=O)O)Cc1ccc(C(=O)O)cc1. The number of carbonyl (C=O) groups is 3. The van der Waals surface area contributed by atoms with E-state index < -0.39 is 11.9 Å². The summed E-state index contributed by atoms with van der Waals surface area (Å²) in [6.07, 6.45) is 0.954. The minimum Gasteiger partial charge on any atom is -0.481 e. The zero-order valence-electron chi connectivity index (χ0n) is 11.9. The fraction of sp³-hybridized carbons (Fsp3) is 0.400. The Morgan fingerprint density at radius 1 is 1.05 bits per heavy atom. The summed E-state index contributed by atoms with van der Waals surface area (Å²) in [4.78, 5) is 34.9. The lowest BCUT2D eigenvalue weighted by Crippen LogP contribution is -2.32. The van der Waals surface area contributed by atoms with Crippen molar-refractivity contribution >= 4 is 17.8 Å². The van der Waals surface area contributed by atoms with Crippen LogP contribution >= 0.6 is 0 Å². The third kappa shape index (κ3) is 5.64. The highest BCUT2D eigenvalue weighted by molar-refractivity contribution is 5.87. The summed E-state index contributed by atoms with van der Waals surface area (Å²) in [5.74, 6) is -2.06. The van der Waals surface area contributed by atoms with Crippen molar-refractivity contribution in [1.82, 2.24) is 4.90 Å². The summed E-state index contributed by atoms with van der Waals surface area (Å²) in [6.45, 7) is 2.32. The zero-order chi connectivity index (χ0) is 15.8. The molecular formula is C15H19NO5. The molecule has 0 aliphatic heterocycles. The Morgan fingerprint density at radius 2 is 1.67 bits per heavy atom. The first-order chi connectivity index (χ1) is 9.93. The van der Waals surface area contributed by atoms with E-state index in [1.807, 2.05) is 6.92 Å². The van der Waals surface area contributed by atoms with Crippen LogP contribution in [0.1, 0.15) is 42.1 Å². The van der Waals surface area contributed by atoms with Crippen LogP contribution < -0.4 is 0 Å². The number of carboxylic acid groups (broad SMARTS) is 2. The van der Waals surface area contributed by atoms with Crippen molar-refractivity contribution in [3.8, 4) is 0 Å². The molecule has 1 amide bonds. The molecule has 0 bridgehead atoms. The van der Waals surface area contributed by atoms with Gasteiger partial charge in [-0.1, -0.05) is 19.1 Å². The molecule has 6 nitrogen and oxygen atoms in total. The highest BCUT2D eigenvalue weighted by atomic mass is 16.4. The number of aliphatic carboxylic acids is 1. The standard InChI is InChI=1S/C15H19NO5/c1-2-3-13(17)16(9-8-14(18)19)10-11-4-6-12(7-5-11)15(20)21/h4-7H,2-3,8-10H2,1H3,(H,18,19)(H,20,21). The number of hydrogen-bond donors (Lipinski definition) is 2. The lowest BCUT2D eigenvalue weighted by Gasteiger charge is -2.22. The van der Waals surface area contributed by atoms with Crippen LogP contribution in [0.3, 0.4) is 0 Å². The number of carbonyl (C=O) groups excluding carboxylic acids is 1. The lowest BCUT2D eigenvalue weighted by atomic mass is 10.1. The maximum absolute atomic E-state index is 12.0. The fourth-order valence-electron chi connectivity index (χ4n) is 1.87. The highest BCUT2D eigenvalue weighted by Gasteiger charge is 2.14. The van der Waals surface area contributed by atoms with Gasteiger partial charge in [0.05, 0.1) is 12.0 Å². The third-order valence-electron chi connectivity index (χ3n) is 2.99. The van der Waals surface area contributed by atoms with Crippen LogP contribution in [-0.4, -0.2) is 39.5 Å². The summed E-state index contributed by atoms with van der Waals surface area (Å²) < 4.78 is 0. The van der Waals surface area contributed by atoms with Gasteiger partial charge in [-0.3, -0.25) is 9.59 Å². The first-order valence-electron chi connectivity index (χ1n) is 6.75. The van der Waals surface area contributed by atoms with Gasteiger partial charge in [0.15, 0.2) is 0 Å². The molecule has 114 valence electrons. The minimum atomic E-state index is -1.01. The van der Waals surface area contributed by atoms with Gasteiger partial charge in [0.2, 0.25) is 5.91 Å². The summed E-state index contributed by atoms with van der Waals surface area (Å²) in [5, 5.41) is 17.6. The Balaban J connectivity index is 2.76. The molecule has 0 saturated heterocycles. The Bertz CT molecular complexity index is 509. The van der Waals surface area contributed by atoms with E-state index in [-0.39, 0.29) is 31.0 Å². The minimum absolute atomic E-state index is 0.0962. The molecule has 0 heterocycles. The van der Waals surface area contributed by atoms with Gasteiger partial charge in [0.25, 0.3) is 0 Å². The second kappa shape index (κ2) is 8.04. The molecule has 1 rings (SSSR count). The van der Waals surface area contributed by atoms with E-state index in [4.69, 9.17) is 10.2 Å². The average molecular weight is 293 g/mol. The molecular weight excluding hydrogens is 274 g/mol. The molecule has 0 radical (unpaired) electrons. The first kappa shape index (κ1) is 16.7. The molecule has 0 atom stereocenters. The Morgan fingerprint density at radius 3 is 2.14 bits per heavy atom. The second-order valence-corrected chi connectivity index (χ2v) is 4.71. The first-order valence-corrected chi connectivity index (χ1v) is 6.75. The van der Waals surface area contributed by atoms with Crippen molar-refractivity contribution in [2.75, 3.05) is 6.54 Å². The van der Waals surface area contributed by atoms with E-state index in [1.54, 1.807) is 12.1 Å². The van der Waals surface area contributed by atoms with Crippen molar-refractivity contribution in [1.29, 1.82) is 0 Å². The third-order valence-corrected chi connectivity index (χ3v) is 2.99. The van der Waals surface area contributed by atoms with Crippen LogP contribution in [0.15, 0.2) is 24.3 Å². The Labute approximate surface area is 123 Å². The van der Waals surface area contributed by atoms with Crippen molar-refractivity contribution in [2.45, 2.75) is 32.7 Å². The van der Waals surface area contributed by atoms with Crippen molar-refractivity contribution < 1.29 is 24.6 Å². The van der Waals surface area contributed by atoms with E-state index in [0.29, 0.717) is 12.8 Å². The van der Waals surface area contributed by atoms with Crippen LogP contribution in [0.5, 0.6) is 0 Å². The number of benzene rings is 1. The van der Waals surface area contributed by atoms with E-state index in [1.165, 1.54) is 17.0 Å². The fourth-order valence-corrected chi connectivity index (χ4v) is 1.87. The predicted octanol–water partition coefficient (Wildman–Crippen LogP) is 1.99. The topological polar surface area (TPSA) is 94.9 Å². The quantitative estimate of drug-likeness (QED) is 0.764. The summed E-state index contributed by atoms with van der Waals surface area (Å²) in [6, 6.07) is 6.21. The zero-order valence-corrected chi connectivity index (χ0v) is 11.9. The molecule has 1 aromatic rings. The molecule has 0 saturated carbocycles. The smallest absolute Gasteiger partial charge is 0.335 e. The van der Waals surface area contributed by atoms with E-state index in [0.717, 1.165) is 5.56 Å². The molecule has 6 heteroatoms. The van der Waals surface area contributed by atoms with Crippen LogP contribution in [0.25, 0.3) is 0 Å². The average Bonchev–Trinajstić information content (AvgIpc) is 2.43. The summed E-state index contributed by atoms with van der Waals surface area (Å²) >= 11 is 0. The molecule has 1 aromatic carbocycles. The van der Waals surface area contributed by atoms with Gasteiger partial charge >= 0.3 is 11.9 Å². The second-order valence-electron chi connectivity index (χ2n) is 4.71. The Kier molecular flexibility index (Phi) is 6.39. The molecule has 0 unspecified atom stereocenters. The lowest BCUT2D eigenvalue weighted by molar-refractivity contribution is -0.138. The van der Waals surface area contributed by atoms with Gasteiger partial charge in [0, 0.05) is 19.5 Å². The van der Waals surface area contributed by atoms with Crippen molar-refractivity contribution in [3.05, 3.63) is 35.4 Å². The molecule has 0 aromatic heterocycles. The largest absolute Gasteiger partial charge is 0.481 e. The van der Waals surface area contributed by atoms with Gasteiger partial charge in [-0.05, 0) is 24.1 Å². The van der Waals surface area contributed by atoms with Gasteiger partial charge in [-0.25, -0.2) is 4.79 Å². The number of amides is 1. The summed E-state index contributed by atoms with van der Waals surface area (Å²) in [7, 11) is 0. The maximum Gasteiger partial charge on any atom is 0.335 e. The molecule has 0 aliphatic carbocycles. The highest BCUT2D eigenvalue weighted by Crippen LogP contribution is 2.10. The van der Waals surface area contributed by atoms with Crippen LogP contribution in [0, 0.1) is 0 Å². The van der Waals surface area contributed by atoms with Gasteiger partial charge in [-0.15, -0.1) is 0 Å². The Hall–Kier alpha value is -2.37. The van der Waals surface area contributed by atoms with Crippen molar-refractivity contribution in [2.24, 2.45) is 0 Å². The van der Waals surface area contributed by atoms with Crippen molar-refractivity contribution in [3.63, 3.8) is 0 Å². The predicted molar refractivity (Wildman–Crippen MR) is 76.0 cm³/mol. The van der Waals surface area contributed by atoms with Gasteiger partial charge in [-0.2, -0.15) is 0 Å². The van der Waals surface area contributed by atoms with E-state index in [2.05, 4.69) is 0 Å².